The molecular weight excluding hydrogens is 212 g/mol. The van der Waals surface area contributed by atoms with Crippen molar-refractivity contribution in [2.24, 2.45) is 5.92 Å². The first kappa shape index (κ1) is 11.8. The number of esters is 1. The lowest BCUT2D eigenvalue weighted by Crippen LogP contribution is -2.31. The van der Waals surface area contributed by atoms with Gasteiger partial charge in [0, 0.05) is 12.8 Å². The van der Waals surface area contributed by atoms with E-state index in [2.05, 4.69) is 0 Å². The summed E-state index contributed by atoms with van der Waals surface area (Å²) in [4.78, 5) is 10.7. The van der Waals surface area contributed by atoms with E-state index in [1.807, 2.05) is 20.8 Å². The van der Waals surface area contributed by atoms with Gasteiger partial charge in [-0.1, -0.05) is 6.92 Å². The number of fused-ring (bicyclic) bond motifs is 1. The predicted octanol–water partition coefficient (Wildman–Crippen LogP) is 1.06. The van der Waals surface area contributed by atoms with Crippen LogP contribution in [0.4, 0.5) is 0 Å². The van der Waals surface area contributed by atoms with E-state index in [0.717, 1.165) is 0 Å². The molecule has 16 heavy (non-hydrogen) atoms. The van der Waals surface area contributed by atoms with Gasteiger partial charge in [0.1, 0.15) is 18.8 Å². The van der Waals surface area contributed by atoms with E-state index in [0.29, 0.717) is 0 Å². The Morgan fingerprint density at radius 3 is 2.62 bits per heavy atom. The van der Waals surface area contributed by atoms with E-state index in [9.17, 15) is 4.79 Å². The molecule has 0 amide bonds. The van der Waals surface area contributed by atoms with Crippen LogP contribution in [0.25, 0.3) is 0 Å². The minimum absolute atomic E-state index is 0.0736. The highest BCUT2D eigenvalue weighted by Gasteiger charge is 2.52. The summed E-state index contributed by atoms with van der Waals surface area (Å²) in [6.45, 7) is 7.39. The summed E-state index contributed by atoms with van der Waals surface area (Å²) >= 11 is 0. The van der Waals surface area contributed by atoms with Crippen LogP contribution in [0.2, 0.25) is 0 Å². The predicted molar refractivity (Wildman–Crippen MR) is 54.5 cm³/mol. The van der Waals surface area contributed by atoms with Crippen LogP contribution in [0.5, 0.6) is 0 Å². The van der Waals surface area contributed by atoms with E-state index in [1.165, 1.54) is 6.92 Å². The Balaban J connectivity index is 1.92. The zero-order chi connectivity index (χ0) is 11.9. The van der Waals surface area contributed by atoms with Gasteiger partial charge in [0.2, 0.25) is 0 Å². The summed E-state index contributed by atoms with van der Waals surface area (Å²) in [7, 11) is 0. The Kier molecular flexibility index (Phi) is 2.94. The number of carbonyl (C=O) groups excluding carboxylic acids is 1. The molecular formula is C11H18O5. The number of carbonyl (C=O) groups is 1. The van der Waals surface area contributed by atoms with Gasteiger partial charge in [-0.25, -0.2) is 0 Å². The smallest absolute Gasteiger partial charge is 0.302 e. The van der Waals surface area contributed by atoms with Crippen LogP contribution in [0.3, 0.4) is 0 Å². The van der Waals surface area contributed by atoms with E-state index in [1.54, 1.807) is 0 Å². The average molecular weight is 230 g/mol. The first-order valence-corrected chi connectivity index (χ1v) is 5.53. The normalized spacial score (nSPS) is 40.8. The zero-order valence-electron chi connectivity index (χ0n) is 10.1. The van der Waals surface area contributed by atoms with Crippen LogP contribution < -0.4 is 0 Å². The van der Waals surface area contributed by atoms with Crippen molar-refractivity contribution >= 4 is 5.97 Å². The first-order chi connectivity index (χ1) is 7.39. The number of hydrogen-bond acceptors (Lipinski definition) is 5. The van der Waals surface area contributed by atoms with Crippen LogP contribution in [-0.4, -0.2) is 36.9 Å². The highest BCUT2D eigenvalue weighted by atomic mass is 16.8. The maximum absolute atomic E-state index is 10.7. The summed E-state index contributed by atoms with van der Waals surface area (Å²) in [5, 5.41) is 0. The molecule has 4 unspecified atom stereocenters. The monoisotopic (exact) mass is 230 g/mol. The molecule has 2 aliphatic heterocycles. The highest BCUT2D eigenvalue weighted by molar-refractivity contribution is 5.65. The second kappa shape index (κ2) is 3.98. The molecule has 2 aliphatic rings. The van der Waals surface area contributed by atoms with E-state index in [4.69, 9.17) is 18.9 Å². The molecule has 0 aromatic carbocycles. The van der Waals surface area contributed by atoms with Crippen molar-refractivity contribution in [1.29, 1.82) is 0 Å². The third-order valence-corrected chi connectivity index (χ3v) is 2.95. The Morgan fingerprint density at radius 1 is 1.38 bits per heavy atom. The van der Waals surface area contributed by atoms with Gasteiger partial charge in [-0.3, -0.25) is 4.79 Å². The second-order valence-corrected chi connectivity index (χ2v) is 4.80. The lowest BCUT2D eigenvalue weighted by molar-refractivity contribution is -0.214. The lowest BCUT2D eigenvalue weighted by Gasteiger charge is -2.23. The van der Waals surface area contributed by atoms with Crippen LogP contribution in [0.15, 0.2) is 0 Å². The molecule has 0 spiro atoms. The van der Waals surface area contributed by atoms with Crippen molar-refractivity contribution in [2.45, 2.75) is 52.0 Å². The SMILES string of the molecule is CC(=O)OCC1OC2OC(C)(C)OC2C1C. The number of hydrogen-bond donors (Lipinski definition) is 0. The van der Waals surface area contributed by atoms with Gasteiger partial charge in [0.15, 0.2) is 12.1 Å². The molecule has 2 saturated heterocycles. The quantitative estimate of drug-likeness (QED) is 0.664. The van der Waals surface area contributed by atoms with Crippen molar-refractivity contribution < 1.29 is 23.7 Å². The van der Waals surface area contributed by atoms with Gasteiger partial charge in [-0.15, -0.1) is 0 Å². The zero-order valence-corrected chi connectivity index (χ0v) is 10.1. The van der Waals surface area contributed by atoms with E-state index >= 15 is 0 Å². The molecule has 0 N–H and O–H groups in total. The van der Waals surface area contributed by atoms with Crippen molar-refractivity contribution in [1.82, 2.24) is 0 Å². The van der Waals surface area contributed by atoms with Crippen molar-refractivity contribution in [3.05, 3.63) is 0 Å². The van der Waals surface area contributed by atoms with Crippen molar-refractivity contribution in [2.75, 3.05) is 6.61 Å². The van der Waals surface area contributed by atoms with E-state index < -0.39 is 5.79 Å². The van der Waals surface area contributed by atoms with Crippen LogP contribution in [0.1, 0.15) is 27.7 Å². The average Bonchev–Trinajstić information content (AvgIpc) is 2.58. The molecule has 5 nitrogen and oxygen atoms in total. The van der Waals surface area contributed by atoms with Crippen LogP contribution >= 0.6 is 0 Å². The van der Waals surface area contributed by atoms with Crippen LogP contribution in [-0.2, 0) is 23.7 Å². The maximum Gasteiger partial charge on any atom is 0.302 e. The van der Waals surface area contributed by atoms with Gasteiger partial charge in [0.05, 0.1) is 0 Å². The van der Waals surface area contributed by atoms with Crippen molar-refractivity contribution in [3.8, 4) is 0 Å². The van der Waals surface area contributed by atoms with Gasteiger partial charge in [-0.05, 0) is 13.8 Å². The third kappa shape index (κ3) is 2.21. The Morgan fingerprint density at radius 2 is 2.06 bits per heavy atom. The largest absolute Gasteiger partial charge is 0.463 e. The highest BCUT2D eigenvalue weighted by Crippen LogP contribution is 2.40. The summed E-state index contributed by atoms with van der Waals surface area (Å²) in [6.07, 6.45) is -0.559. The summed E-state index contributed by atoms with van der Waals surface area (Å²) in [5.41, 5.74) is 0. The molecule has 0 radical (unpaired) electrons. The standard InChI is InChI=1S/C11H18O5/c1-6-8(5-13-7(2)12)14-10-9(6)15-11(3,4)16-10/h6,8-10H,5H2,1-4H3. The van der Waals surface area contributed by atoms with Gasteiger partial charge < -0.3 is 18.9 Å². The topological polar surface area (TPSA) is 54.0 Å². The third-order valence-electron chi connectivity index (χ3n) is 2.95. The first-order valence-electron chi connectivity index (χ1n) is 5.53. The Hall–Kier alpha value is -0.650. The van der Waals surface area contributed by atoms with Crippen LogP contribution in [0, 0.1) is 5.92 Å². The molecule has 0 bridgehead atoms. The molecule has 2 rings (SSSR count). The van der Waals surface area contributed by atoms with Gasteiger partial charge in [0.25, 0.3) is 0 Å². The lowest BCUT2D eigenvalue weighted by atomic mass is 10.0. The fourth-order valence-electron chi connectivity index (χ4n) is 2.12. The molecule has 2 heterocycles. The Labute approximate surface area is 95.0 Å². The molecule has 92 valence electrons. The molecule has 4 atom stereocenters. The fraction of sp³-hybridized carbons (Fsp3) is 0.909. The molecule has 0 aromatic rings. The molecule has 2 fully saturated rings. The molecule has 5 heteroatoms. The molecule has 0 saturated carbocycles. The summed E-state index contributed by atoms with van der Waals surface area (Å²) < 4.78 is 21.9. The maximum atomic E-state index is 10.7. The molecule has 0 aliphatic carbocycles. The minimum atomic E-state index is -0.587. The summed E-state index contributed by atoms with van der Waals surface area (Å²) in [6, 6.07) is 0. The van der Waals surface area contributed by atoms with Gasteiger partial charge >= 0.3 is 5.97 Å². The van der Waals surface area contributed by atoms with Gasteiger partial charge in [-0.2, -0.15) is 0 Å². The fourth-order valence-corrected chi connectivity index (χ4v) is 2.12. The minimum Gasteiger partial charge on any atom is -0.463 e. The second-order valence-electron chi connectivity index (χ2n) is 4.80. The number of rotatable bonds is 2. The molecule has 0 aromatic heterocycles. The van der Waals surface area contributed by atoms with Crippen molar-refractivity contribution in [3.63, 3.8) is 0 Å². The van der Waals surface area contributed by atoms with E-state index in [-0.39, 0.29) is 37.0 Å². The number of ether oxygens (including phenoxy) is 4. The Bertz CT molecular complexity index is 288. The summed E-state index contributed by atoms with van der Waals surface area (Å²) in [5.74, 6) is -0.725.